The summed E-state index contributed by atoms with van der Waals surface area (Å²) in [5.41, 5.74) is 6.89. The van der Waals surface area contributed by atoms with Crippen LogP contribution in [0.3, 0.4) is 0 Å². The maximum atomic E-state index is 14.0. The third-order valence-electron chi connectivity index (χ3n) is 3.36. The topological polar surface area (TPSA) is 48.0 Å². The molecular formula is C16H13FN2O. The summed E-state index contributed by atoms with van der Waals surface area (Å²) in [6.07, 6.45) is 1.92. The van der Waals surface area contributed by atoms with Crippen LogP contribution in [0.25, 0.3) is 10.9 Å². The number of carbonyl (C=O) groups excluding carboxylic acids is 1. The Balaban J connectivity index is 1.97. The van der Waals surface area contributed by atoms with E-state index in [-0.39, 0.29) is 5.56 Å². The fraction of sp³-hybridized carbons (Fsp3) is 0.0625. The molecule has 3 nitrogen and oxygen atoms in total. The number of halogens is 1. The molecule has 0 fully saturated rings. The summed E-state index contributed by atoms with van der Waals surface area (Å²) in [4.78, 5) is 11.0. The average molecular weight is 268 g/mol. The van der Waals surface area contributed by atoms with Crippen molar-refractivity contribution in [3.05, 3.63) is 71.7 Å². The van der Waals surface area contributed by atoms with Gasteiger partial charge in [0, 0.05) is 22.8 Å². The van der Waals surface area contributed by atoms with Crippen molar-refractivity contribution in [1.29, 1.82) is 0 Å². The zero-order chi connectivity index (χ0) is 14.1. The highest BCUT2D eigenvalue weighted by Crippen LogP contribution is 2.18. The van der Waals surface area contributed by atoms with E-state index in [9.17, 15) is 9.18 Å². The molecule has 4 heteroatoms. The van der Waals surface area contributed by atoms with Crippen LogP contribution in [0.4, 0.5) is 4.39 Å². The maximum Gasteiger partial charge on any atom is 0.248 e. The second kappa shape index (κ2) is 4.81. The van der Waals surface area contributed by atoms with Gasteiger partial charge in [0.2, 0.25) is 5.91 Å². The summed E-state index contributed by atoms with van der Waals surface area (Å²) in [6.45, 7) is 0.415. The molecule has 0 unspecified atom stereocenters. The predicted octanol–water partition coefficient (Wildman–Crippen LogP) is 2.93. The normalized spacial score (nSPS) is 10.8. The Morgan fingerprint density at radius 1 is 1.15 bits per heavy atom. The van der Waals surface area contributed by atoms with Crippen LogP contribution in [0.2, 0.25) is 0 Å². The number of fused-ring (bicyclic) bond motifs is 1. The molecule has 0 aliphatic rings. The van der Waals surface area contributed by atoms with Crippen molar-refractivity contribution >= 4 is 16.8 Å². The molecule has 1 heterocycles. The molecule has 1 aromatic heterocycles. The molecule has 0 aliphatic carbocycles. The molecule has 1 amide bonds. The van der Waals surface area contributed by atoms with Crippen LogP contribution in [0.5, 0.6) is 0 Å². The van der Waals surface area contributed by atoms with Gasteiger partial charge in [-0.05, 0) is 29.7 Å². The second-order valence-corrected chi connectivity index (χ2v) is 4.67. The van der Waals surface area contributed by atoms with Gasteiger partial charge in [-0.2, -0.15) is 0 Å². The molecular weight excluding hydrogens is 255 g/mol. The molecule has 100 valence electrons. The predicted molar refractivity (Wildman–Crippen MR) is 76.0 cm³/mol. The average Bonchev–Trinajstić information content (AvgIpc) is 2.84. The number of hydrogen-bond acceptors (Lipinski definition) is 1. The lowest BCUT2D eigenvalue weighted by Crippen LogP contribution is -2.12. The molecule has 0 saturated heterocycles. The second-order valence-electron chi connectivity index (χ2n) is 4.67. The van der Waals surface area contributed by atoms with E-state index in [0.717, 1.165) is 10.9 Å². The van der Waals surface area contributed by atoms with Gasteiger partial charge in [0.1, 0.15) is 5.82 Å². The number of benzene rings is 2. The van der Waals surface area contributed by atoms with Crippen molar-refractivity contribution in [3.63, 3.8) is 0 Å². The van der Waals surface area contributed by atoms with E-state index in [0.29, 0.717) is 12.1 Å². The van der Waals surface area contributed by atoms with Gasteiger partial charge >= 0.3 is 0 Å². The number of amides is 1. The van der Waals surface area contributed by atoms with E-state index in [1.165, 1.54) is 6.07 Å². The largest absolute Gasteiger partial charge is 0.366 e. The van der Waals surface area contributed by atoms with Gasteiger partial charge in [-0.25, -0.2) is 4.39 Å². The fourth-order valence-electron chi connectivity index (χ4n) is 2.29. The number of nitrogens with zero attached hydrogens (tertiary/aromatic N) is 1. The smallest absolute Gasteiger partial charge is 0.248 e. The van der Waals surface area contributed by atoms with Gasteiger partial charge in [-0.3, -0.25) is 4.79 Å². The van der Waals surface area contributed by atoms with E-state index >= 15 is 0 Å². The Morgan fingerprint density at radius 3 is 2.70 bits per heavy atom. The lowest BCUT2D eigenvalue weighted by molar-refractivity contribution is 0.1000. The van der Waals surface area contributed by atoms with E-state index in [1.54, 1.807) is 12.1 Å². The van der Waals surface area contributed by atoms with E-state index in [1.807, 2.05) is 41.1 Å². The molecule has 0 saturated carbocycles. The Kier molecular flexibility index (Phi) is 2.99. The molecule has 0 aliphatic heterocycles. The molecule has 3 rings (SSSR count). The van der Waals surface area contributed by atoms with Crippen LogP contribution in [0, 0.1) is 5.82 Å². The highest BCUT2D eigenvalue weighted by molar-refractivity contribution is 5.92. The van der Waals surface area contributed by atoms with Crippen LogP contribution in [0.15, 0.2) is 54.7 Å². The first-order valence-corrected chi connectivity index (χ1v) is 6.27. The Hall–Kier alpha value is -2.62. The first-order chi connectivity index (χ1) is 9.65. The number of carbonyl (C=O) groups is 1. The number of aromatic nitrogens is 1. The molecule has 0 atom stereocenters. The number of primary amides is 1. The number of nitrogens with two attached hydrogens (primary N) is 1. The molecule has 0 radical (unpaired) electrons. The van der Waals surface area contributed by atoms with Gasteiger partial charge in [-0.1, -0.05) is 24.3 Å². The zero-order valence-electron chi connectivity index (χ0n) is 10.7. The van der Waals surface area contributed by atoms with Crippen LogP contribution in [-0.4, -0.2) is 10.5 Å². The lowest BCUT2D eigenvalue weighted by Gasteiger charge is -2.08. The Bertz CT molecular complexity index is 792. The highest BCUT2D eigenvalue weighted by Gasteiger charge is 2.08. The number of hydrogen-bond donors (Lipinski definition) is 1. The van der Waals surface area contributed by atoms with Crippen LogP contribution >= 0.6 is 0 Å². The summed E-state index contributed by atoms with van der Waals surface area (Å²) in [5.74, 6) is -1.04. The van der Waals surface area contributed by atoms with E-state index < -0.39 is 11.7 Å². The van der Waals surface area contributed by atoms with Crippen LogP contribution in [0.1, 0.15) is 15.9 Å². The van der Waals surface area contributed by atoms with E-state index in [4.69, 9.17) is 5.73 Å². The first kappa shape index (κ1) is 12.4. The summed E-state index contributed by atoms with van der Waals surface area (Å²) >= 11 is 0. The van der Waals surface area contributed by atoms with E-state index in [2.05, 4.69) is 0 Å². The molecule has 20 heavy (non-hydrogen) atoms. The minimum absolute atomic E-state index is 0.184. The van der Waals surface area contributed by atoms with Gasteiger partial charge < -0.3 is 10.3 Å². The van der Waals surface area contributed by atoms with Gasteiger partial charge in [0.15, 0.2) is 0 Å². The summed E-state index contributed by atoms with van der Waals surface area (Å²) in [7, 11) is 0. The highest BCUT2D eigenvalue weighted by atomic mass is 19.1. The van der Waals surface area contributed by atoms with Crippen molar-refractivity contribution in [2.24, 2.45) is 5.73 Å². The van der Waals surface area contributed by atoms with Crippen LogP contribution < -0.4 is 5.73 Å². The zero-order valence-corrected chi connectivity index (χ0v) is 10.7. The Labute approximate surface area is 115 Å². The molecule has 0 spiro atoms. The first-order valence-electron chi connectivity index (χ1n) is 6.27. The van der Waals surface area contributed by atoms with Gasteiger partial charge in [0.05, 0.1) is 6.54 Å². The molecule has 3 aromatic rings. The lowest BCUT2D eigenvalue weighted by atomic mass is 10.1. The minimum Gasteiger partial charge on any atom is -0.366 e. The molecule has 2 N–H and O–H groups in total. The summed E-state index contributed by atoms with van der Waals surface area (Å²) in [5, 5.41) is 1.11. The van der Waals surface area contributed by atoms with Crippen molar-refractivity contribution < 1.29 is 9.18 Å². The monoisotopic (exact) mass is 268 g/mol. The summed E-state index contributed by atoms with van der Waals surface area (Å²) < 4.78 is 16.0. The third-order valence-corrected chi connectivity index (χ3v) is 3.36. The van der Waals surface area contributed by atoms with Gasteiger partial charge in [-0.15, -0.1) is 0 Å². The SMILES string of the molecule is NC(=O)c1ccc(Cn2ccc3ccccc32)c(F)c1. The van der Waals surface area contributed by atoms with Crippen LogP contribution in [-0.2, 0) is 6.54 Å². The third kappa shape index (κ3) is 2.16. The van der Waals surface area contributed by atoms with Crippen molar-refractivity contribution in [2.75, 3.05) is 0 Å². The summed E-state index contributed by atoms with van der Waals surface area (Å²) in [6, 6.07) is 14.2. The molecule has 2 aromatic carbocycles. The Morgan fingerprint density at radius 2 is 1.95 bits per heavy atom. The minimum atomic E-state index is -0.623. The fourth-order valence-corrected chi connectivity index (χ4v) is 2.29. The van der Waals surface area contributed by atoms with Gasteiger partial charge in [0.25, 0.3) is 0 Å². The van der Waals surface area contributed by atoms with Crippen molar-refractivity contribution in [2.45, 2.75) is 6.54 Å². The van der Waals surface area contributed by atoms with Crippen molar-refractivity contribution in [1.82, 2.24) is 4.57 Å². The number of para-hydroxylation sites is 1. The maximum absolute atomic E-state index is 14.0. The van der Waals surface area contributed by atoms with Crippen molar-refractivity contribution in [3.8, 4) is 0 Å². The quantitative estimate of drug-likeness (QED) is 0.780. The number of rotatable bonds is 3. The molecule has 0 bridgehead atoms. The standard InChI is InChI=1S/C16H13FN2O/c17-14-9-12(16(18)20)5-6-13(14)10-19-8-7-11-3-1-2-4-15(11)19/h1-9H,10H2,(H2,18,20).